The zero-order valence-electron chi connectivity index (χ0n) is 12.1. The molecule has 1 aromatic carbocycles. The molecule has 0 saturated heterocycles. The van der Waals surface area contributed by atoms with Crippen LogP contribution < -0.4 is 0 Å². The Morgan fingerprint density at radius 1 is 1.35 bits per heavy atom. The Morgan fingerprint density at radius 3 is 2.80 bits per heavy atom. The number of benzene rings is 1. The molecule has 1 aliphatic carbocycles. The normalized spacial score (nSPS) is 24.1. The maximum Gasteiger partial charge on any atom is 0.319 e. The summed E-state index contributed by atoms with van der Waals surface area (Å²) in [6.45, 7) is 2.21. The predicted octanol–water partition coefficient (Wildman–Crippen LogP) is 4.04. The van der Waals surface area contributed by atoms with Crippen LogP contribution in [0, 0.1) is 5.92 Å². The molecule has 0 radical (unpaired) electrons. The van der Waals surface area contributed by atoms with Gasteiger partial charge in [0.1, 0.15) is 11.4 Å². The lowest BCUT2D eigenvalue weighted by Crippen LogP contribution is -2.30. The van der Waals surface area contributed by atoms with Crippen molar-refractivity contribution < 1.29 is 9.53 Å². The maximum atomic E-state index is 12.1. The van der Waals surface area contributed by atoms with Crippen molar-refractivity contribution in [2.24, 2.45) is 5.92 Å². The third-order valence-electron chi connectivity index (χ3n) is 4.14. The molecule has 2 nitrogen and oxygen atoms in total. The van der Waals surface area contributed by atoms with Gasteiger partial charge in [0.25, 0.3) is 0 Å². The molecule has 0 aromatic heterocycles. The van der Waals surface area contributed by atoms with E-state index in [1.807, 2.05) is 30.3 Å². The van der Waals surface area contributed by atoms with E-state index in [9.17, 15) is 4.79 Å². The van der Waals surface area contributed by atoms with Gasteiger partial charge in [-0.15, -0.1) is 0 Å². The predicted molar refractivity (Wildman–Crippen MR) is 85.0 cm³/mol. The second-order valence-corrected chi connectivity index (χ2v) is 6.33. The van der Waals surface area contributed by atoms with Crippen LogP contribution in [-0.2, 0) is 16.0 Å². The molecule has 0 spiro atoms. The van der Waals surface area contributed by atoms with E-state index in [1.54, 1.807) is 0 Å². The highest BCUT2D eigenvalue weighted by atomic mass is 32.1. The first-order valence-electron chi connectivity index (χ1n) is 7.61. The molecule has 0 N–H and O–H groups in total. The summed E-state index contributed by atoms with van der Waals surface area (Å²) in [6.07, 6.45) is 6.40. The summed E-state index contributed by atoms with van der Waals surface area (Å²) in [6, 6.07) is 9.97. The minimum absolute atomic E-state index is 0.103. The Labute approximate surface area is 127 Å². The molecule has 1 saturated carbocycles. The maximum absolute atomic E-state index is 12.1. The highest BCUT2D eigenvalue weighted by Crippen LogP contribution is 2.29. The second-order valence-electron chi connectivity index (χ2n) is 5.71. The van der Waals surface area contributed by atoms with Crippen molar-refractivity contribution >= 4 is 18.6 Å². The topological polar surface area (TPSA) is 26.3 Å². The summed E-state index contributed by atoms with van der Waals surface area (Å²) < 4.78 is 5.64. The van der Waals surface area contributed by atoms with Crippen molar-refractivity contribution in [3.63, 3.8) is 0 Å². The number of rotatable bonds is 5. The fourth-order valence-electron chi connectivity index (χ4n) is 2.88. The molecule has 1 aliphatic rings. The summed E-state index contributed by atoms with van der Waals surface area (Å²) in [5.74, 6) is 0.549. The highest BCUT2D eigenvalue weighted by molar-refractivity contribution is 7.81. The molecule has 0 bridgehead atoms. The first-order chi connectivity index (χ1) is 9.69. The quantitative estimate of drug-likeness (QED) is 0.655. The summed E-state index contributed by atoms with van der Waals surface area (Å²) in [5.41, 5.74) is 1.12. The van der Waals surface area contributed by atoms with E-state index < -0.39 is 0 Å². The van der Waals surface area contributed by atoms with E-state index in [4.69, 9.17) is 4.74 Å². The fraction of sp³-hybridized carbons (Fsp3) is 0.588. The highest BCUT2D eigenvalue weighted by Gasteiger charge is 2.26. The van der Waals surface area contributed by atoms with Crippen LogP contribution in [0.15, 0.2) is 30.3 Å². The minimum Gasteiger partial charge on any atom is -0.462 e. The molecule has 0 aliphatic heterocycles. The molecule has 3 atom stereocenters. The van der Waals surface area contributed by atoms with Gasteiger partial charge in [0, 0.05) is 0 Å². The molecule has 0 amide bonds. The van der Waals surface area contributed by atoms with Crippen LogP contribution in [-0.4, -0.2) is 17.3 Å². The van der Waals surface area contributed by atoms with Gasteiger partial charge >= 0.3 is 5.97 Å². The third-order valence-corrected chi connectivity index (χ3v) is 4.53. The Hall–Kier alpha value is -0.960. The van der Waals surface area contributed by atoms with Gasteiger partial charge in [-0.25, -0.2) is 0 Å². The molecule has 1 aromatic rings. The number of carbonyl (C=O) groups is 1. The van der Waals surface area contributed by atoms with Crippen LogP contribution in [0.2, 0.25) is 0 Å². The summed E-state index contributed by atoms with van der Waals surface area (Å²) in [5, 5.41) is -0.362. The second kappa shape index (κ2) is 7.72. The number of esters is 1. The zero-order chi connectivity index (χ0) is 14.4. The Morgan fingerprint density at radius 2 is 2.10 bits per heavy atom. The number of hydrogen-bond donors (Lipinski definition) is 1. The number of ether oxygens (including phenoxy) is 1. The van der Waals surface area contributed by atoms with Crippen LogP contribution in [0.4, 0.5) is 0 Å². The smallest absolute Gasteiger partial charge is 0.319 e. The van der Waals surface area contributed by atoms with Crippen LogP contribution in [0.1, 0.15) is 44.6 Å². The first kappa shape index (κ1) is 15.4. The summed E-state index contributed by atoms with van der Waals surface area (Å²) >= 11 is 4.41. The molecular weight excluding hydrogens is 268 g/mol. The lowest BCUT2D eigenvalue weighted by Gasteiger charge is -2.28. The van der Waals surface area contributed by atoms with Gasteiger partial charge < -0.3 is 4.74 Å². The van der Waals surface area contributed by atoms with E-state index in [1.165, 1.54) is 19.3 Å². The van der Waals surface area contributed by atoms with E-state index >= 15 is 0 Å². The van der Waals surface area contributed by atoms with Crippen LogP contribution in [0.3, 0.4) is 0 Å². The zero-order valence-corrected chi connectivity index (χ0v) is 13.0. The van der Waals surface area contributed by atoms with Gasteiger partial charge in [-0.3, -0.25) is 4.79 Å². The molecule has 3 unspecified atom stereocenters. The lowest BCUT2D eigenvalue weighted by molar-refractivity contribution is -0.150. The van der Waals surface area contributed by atoms with Crippen molar-refractivity contribution in [2.45, 2.75) is 56.8 Å². The van der Waals surface area contributed by atoms with Crippen molar-refractivity contribution in [1.29, 1.82) is 0 Å². The third kappa shape index (κ3) is 4.55. The van der Waals surface area contributed by atoms with E-state index in [2.05, 4.69) is 19.6 Å². The van der Waals surface area contributed by atoms with Crippen molar-refractivity contribution in [2.75, 3.05) is 0 Å². The molecule has 20 heavy (non-hydrogen) atoms. The molecule has 110 valence electrons. The van der Waals surface area contributed by atoms with Gasteiger partial charge in [-0.05, 0) is 37.2 Å². The average molecular weight is 292 g/mol. The van der Waals surface area contributed by atoms with Crippen LogP contribution >= 0.6 is 12.6 Å². The first-order valence-corrected chi connectivity index (χ1v) is 8.13. The molecule has 2 rings (SSSR count). The Bertz CT molecular complexity index is 418. The van der Waals surface area contributed by atoms with Gasteiger partial charge in [0.2, 0.25) is 0 Å². The number of thiol groups is 1. The van der Waals surface area contributed by atoms with E-state index in [-0.39, 0.29) is 17.3 Å². The molecular formula is C17H24O2S. The minimum atomic E-state index is -0.362. The molecule has 1 fully saturated rings. The van der Waals surface area contributed by atoms with Gasteiger partial charge in [-0.1, -0.05) is 50.1 Å². The monoisotopic (exact) mass is 292 g/mol. The number of hydrogen-bond acceptors (Lipinski definition) is 3. The van der Waals surface area contributed by atoms with Gasteiger partial charge in [0.05, 0.1) is 0 Å². The van der Waals surface area contributed by atoms with E-state index in [0.717, 1.165) is 18.4 Å². The van der Waals surface area contributed by atoms with Crippen LogP contribution in [0.25, 0.3) is 0 Å². The van der Waals surface area contributed by atoms with Gasteiger partial charge in [0.15, 0.2) is 0 Å². The average Bonchev–Trinajstić information content (AvgIpc) is 2.48. The number of carbonyl (C=O) groups excluding carboxylic acids is 1. The van der Waals surface area contributed by atoms with Crippen molar-refractivity contribution in [3.05, 3.63) is 35.9 Å². The molecule has 0 heterocycles. The van der Waals surface area contributed by atoms with Crippen molar-refractivity contribution in [3.8, 4) is 0 Å². The largest absolute Gasteiger partial charge is 0.462 e. The standard InChI is InChI=1S/C17H24O2S/c1-2-13-9-6-10-15(11-13)19-17(18)16(20)12-14-7-4-3-5-8-14/h3-5,7-8,13,15-16,20H,2,6,9-12H2,1H3. The SMILES string of the molecule is CCC1CCCC(OC(=O)C(S)Cc2ccccc2)C1. The van der Waals surface area contributed by atoms with E-state index in [0.29, 0.717) is 12.3 Å². The Kier molecular flexibility index (Phi) is 5.96. The summed E-state index contributed by atoms with van der Waals surface area (Å²) in [7, 11) is 0. The van der Waals surface area contributed by atoms with Gasteiger partial charge in [-0.2, -0.15) is 12.6 Å². The summed E-state index contributed by atoms with van der Waals surface area (Å²) in [4.78, 5) is 12.1. The van der Waals surface area contributed by atoms with Crippen LogP contribution in [0.5, 0.6) is 0 Å². The fourth-order valence-corrected chi connectivity index (χ4v) is 3.15. The lowest BCUT2D eigenvalue weighted by atomic mass is 9.85. The molecule has 3 heteroatoms. The van der Waals surface area contributed by atoms with Crippen molar-refractivity contribution in [1.82, 2.24) is 0 Å². The Balaban J connectivity index is 1.81.